The number of aromatic nitrogens is 2. The molecule has 0 fully saturated rings. The fraction of sp³-hybridized carbons (Fsp3) is 0.269. The van der Waals surface area contributed by atoms with Gasteiger partial charge in [0.25, 0.3) is 0 Å². The highest BCUT2D eigenvalue weighted by atomic mass is 32.2. The Labute approximate surface area is 197 Å². The van der Waals surface area contributed by atoms with E-state index in [1.54, 1.807) is 35.5 Å². The lowest BCUT2D eigenvalue weighted by atomic mass is 10.2. The van der Waals surface area contributed by atoms with Crippen LogP contribution in [0.15, 0.2) is 71.9 Å². The molecule has 0 bridgehead atoms. The maximum absolute atomic E-state index is 13.3. The number of amides is 1. The van der Waals surface area contributed by atoms with E-state index >= 15 is 0 Å². The Balaban J connectivity index is 1.47. The number of aryl methyl sites for hydroxylation is 2. The van der Waals surface area contributed by atoms with E-state index in [1.807, 2.05) is 17.0 Å². The molecule has 1 amide bonds. The summed E-state index contributed by atoms with van der Waals surface area (Å²) in [5.74, 6) is 1.03. The summed E-state index contributed by atoms with van der Waals surface area (Å²) in [7, 11) is 0. The molecule has 6 heteroatoms. The van der Waals surface area contributed by atoms with Gasteiger partial charge in [-0.2, -0.15) is 0 Å². The fourth-order valence-corrected chi connectivity index (χ4v) is 5.31. The van der Waals surface area contributed by atoms with E-state index < -0.39 is 0 Å². The van der Waals surface area contributed by atoms with Gasteiger partial charge in [0.15, 0.2) is 5.13 Å². The molecular weight excluding hydrogens is 434 g/mol. The van der Waals surface area contributed by atoms with Gasteiger partial charge in [0.1, 0.15) is 0 Å². The molecule has 2 aromatic heterocycles. The van der Waals surface area contributed by atoms with Gasteiger partial charge in [-0.1, -0.05) is 42.0 Å². The van der Waals surface area contributed by atoms with Crippen molar-refractivity contribution in [1.82, 2.24) is 9.97 Å². The minimum atomic E-state index is 0.112. The quantitative estimate of drug-likeness (QED) is 0.206. The number of pyridine rings is 1. The van der Waals surface area contributed by atoms with Crippen molar-refractivity contribution in [2.24, 2.45) is 0 Å². The van der Waals surface area contributed by atoms with Crippen molar-refractivity contribution in [3.05, 3.63) is 83.7 Å². The van der Waals surface area contributed by atoms with Crippen LogP contribution in [-0.2, 0) is 17.8 Å². The van der Waals surface area contributed by atoms with E-state index in [4.69, 9.17) is 4.98 Å². The van der Waals surface area contributed by atoms with Crippen LogP contribution < -0.4 is 4.90 Å². The van der Waals surface area contributed by atoms with Gasteiger partial charge in [0.2, 0.25) is 5.91 Å². The Kier molecular flexibility index (Phi) is 7.55. The van der Waals surface area contributed by atoms with E-state index in [2.05, 4.69) is 61.3 Å². The van der Waals surface area contributed by atoms with Gasteiger partial charge in [0.05, 0.1) is 16.8 Å². The summed E-state index contributed by atoms with van der Waals surface area (Å²) in [6.07, 6.45) is 5.85. The van der Waals surface area contributed by atoms with E-state index in [1.165, 1.54) is 16.0 Å². The molecule has 0 aliphatic carbocycles. The van der Waals surface area contributed by atoms with Crippen LogP contribution in [0.4, 0.5) is 5.13 Å². The van der Waals surface area contributed by atoms with Gasteiger partial charge >= 0.3 is 0 Å². The average molecular weight is 462 g/mol. The largest absolute Gasteiger partial charge is 0.284 e. The number of thioether (sulfide) groups is 1. The van der Waals surface area contributed by atoms with Crippen molar-refractivity contribution < 1.29 is 4.79 Å². The Hall–Kier alpha value is -2.70. The maximum atomic E-state index is 13.3. The lowest BCUT2D eigenvalue weighted by Crippen LogP contribution is -2.30. The lowest BCUT2D eigenvalue weighted by Gasteiger charge is -2.20. The van der Waals surface area contributed by atoms with Crippen molar-refractivity contribution in [3.63, 3.8) is 0 Å². The molecule has 0 atom stereocenters. The number of benzene rings is 2. The summed E-state index contributed by atoms with van der Waals surface area (Å²) < 4.78 is 1.13. The van der Waals surface area contributed by atoms with Crippen LogP contribution in [0, 0.1) is 6.92 Å². The summed E-state index contributed by atoms with van der Waals surface area (Å²) in [5, 5.41) is 0.765. The first-order valence-corrected chi connectivity index (χ1v) is 12.7. The Morgan fingerprint density at radius 2 is 1.81 bits per heavy atom. The maximum Gasteiger partial charge on any atom is 0.229 e. The molecule has 0 unspecified atom stereocenters. The highest BCUT2D eigenvalue weighted by molar-refractivity contribution is 7.99. The molecule has 2 heterocycles. The fourth-order valence-electron chi connectivity index (χ4n) is 3.41. The normalized spacial score (nSPS) is 11.1. The number of carbonyl (C=O) groups excluding carboxylic acids is 1. The van der Waals surface area contributed by atoms with Crippen LogP contribution in [0.1, 0.15) is 36.5 Å². The molecule has 2 aromatic carbocycles. The van der Waals surface area contributed by atoms with Crippen molar-refractivity contribution in [2.75, 3.05) is 10.7 Å². The van der Waals surface area contributed by atoms with E-state index in [9.17, 15) is 4.79 Å². The molecular formula is C26H27N3OS2. The van der Waals surface area contributed by atoms with Crippen molar-refractivity contribution >= 4 is 44.4 Å². The summed E-state index contributed by atoms with van der Waals surface area (Å²) in [4.78, 5) is 25.2. The standard InChI is InChI=1S/C26H27N3OS2/c1-3-20-8-11-23-24(17-20)32-26(28-23)29(18-21-12-14-27-15-13-21)25(30)5-4-16-31-22-9-6-19(2)7-10-22/h6-15,17H,3-5,16,18H2,1-2H3. The summed E-state index contributed by atoms with van der Waals surface area (Å²) in [6, 6.07) is 18.8. The Morgan fingerprint density at radius 3 is 2.56 bits per heavy atom. The molecule has 0 spiro atoms. The van der Waals surface area contributed by atoms with Crippen molar-refractivity contribution in [2.45, 2.75) is 44.6 Å². The molecule has 4 rings (SSSR count). The topological polar surface area (TPSA) is 46.1 Å². The highest BCUT2D eigenvalue weighted by Crippen LogP contribution is 2.31. The third-order valence-electron chi connectivity index (χ3n) is 5.30. The molecule has 32 heavy (non-hydrogen) atoms. The summed E-state index contributed by atoms with van der Waals surface area (Å²) in [6.45, 7) is 4.75. The second-order valence-electron chi connectivity index (χ2n) is 7.75. The molecule has 164 valence electrons. The van der Waals surface area contributed by atoms with Crippen LogP contribution in [0.25, 0.3) is 10.2 Å². The van der Waals surface area contributed by atoms with Crippen LogP contribution in [0.3, 0.4) is 0 Å². The number of fused-ring (bicyclic) bond motifs is 1. The number of hydrogen-bond acceptors (Lipinski definition) is 5. The second-order valence-corrected chi connectivity index (χ2v) is 9.93. The minimum absolute atomic E-state index is 0.112. The van der Waals surface area contributed by atoms with Crippen LogP contribution in [0.2, 0.25) is 0 Å². The van der Waals surface area contributed by atoms with Crippen LogP contribution in [0.5, 0.6) is 0 Å². The number of carbonyl (C=O) groups is 1. The average Bonchev–Trinajstić information content (AvgIpc) is 3.25. The first-order chi connectivity index (χ1) is 15.6. The van der Waals surface area contributed by atoms with Crippen molar-refractivity contribution in [3.8, 4) is 0 Å². The Morgan fingerprint density at radius 1 is 1.03 bits per heavy atom. The summed E-state index contributed by atoms with van der Waals surface area (Å²) in [5.41, 5.74) is 4.55. The van der Waals surface area contributed by atoms with Gasteiger partial charge in [-0.3, -0.25) is 14.7 Å². The van der Waals surface area contributed by atoms with E-state index in [0.717, 1.165) is 39.5 Å². The number of anilines is 1. The molecule has 0 aliphatic rings. The number of hydrogen-bond donors (Lipinski definition) is 0. The van der Waals surface area contributed by atoms with Gasteiger partial charge in [-0.15, -0.1) is 11.8 Å². The van der Waals surface area contributed by atoms with Crippen LogP contribution in [-0.4, -0.2) is 21.6 Å². The third-order valence-corrected chi connectivity index (χ3v) is 7.44. The molecule has 0 aliphatic heterocycles. The monoisotopic (exact) mass is 461 g/mol. The number of rotatable bonds is 9. The Bertz CT molecular complexity index is 1170. The molecule has 0 saturated carbocycles. The zero-order valence-corrected chi connectivity index (χ0v) is 20.1. The smallest absolute Gasteiger partial charge is 0.229 e. The molecule has 4 aromatic rings. The first kappa shape index (κ1) is 22.5. The van der Waals surface area contributed by atoms with E-state index in [0.29, 0.717) is 13.0 Å². The van der Waals surface area contributed by atoms with Crippen LogP contribution >= 0.6 is 23.1 Å². The van der Waals surface area contributed by atoms with E-state index in [-0.39, 0.29) is 5.91 Å². The van der Waals surface area contributed by atoms with Gasteiger partial charge in [-0.05, 0) is 73.0 Å². The molecule has 4 nitrogen and oxygen atoms in total. The molecule has 0 radical (unpaired) electrons. The number of nitrogens with zero attached hydrogens (tertiary/aromatic N) is 3. The first-order valence-electron chi connectivity index (χ1n) is 10.9. The third kappa shape index (κ3) is 5.75. The lowest BCUT2D eigenvalue weighted by molar-refractivity contribution is -0.118. The van der Waals surface area contributed by atoms with Gasteiger partial charge in [0, 0.05) is 23.7 Å². The number of thiazole rings is 1. The highest BCUT2D eigenvalue weighted by Gasteiger charge is 2.20. The van der Waals surface area contributed by atoms with Crippen molar-refractivity contribution in [1.29, 1.82) is 0 Å². The zero-order valence-electron chi connectivity index (χ0n) is 18.5. The molecule has 0 N–H and O–H groups in total. The van der Waals surface area contributed by atoms with Gasteiger partial charge < -0.3 is 0 Å². The SMILES string of the molecule is CCc1ccc2nc(N(Cc3ccncc3)C(=O)CCCSc3ccc(C)cc3)sc2c1. The molecule has 0 saturated heterocycles. The zero-order chi connectivity index (χ0) is 22.3. The predicted molar refractivity (Wildman–Crippen MR) is 136 cm³/mol. The second kappa shape index (κ2) is 10.7. The predicted octanol–water partition coefficient (Wildman–Crippen LogP) is 6.67. The minimum Gasteiger partial charge on any atom is -0.284 e. The summed E-state index contributed by atoms with van der Waals surface area (Å²) >= 11 is 3.39. The van der Waals surface area contributed by atoms with Gasteiger partial charge in [-0.25, -0.2) is 4.98 Å².